The summed E-state index contributed by atoms with van der Waals surface area (Å²) in [6, 6.07) is 0. The molecule has 0 spiro atoms. The van der Waals surface area contributed by atoms with Gasteiger partial charge in [-0.15, -0.1) is 0 Å². The third kappa shape index (κ3) is 1.99. The standard InChI is InChI=1S/C5H11N3O/c9-5-7-8-4-2-1-3-6-8/h5-6H,1-4H2,(H,7,9). The van der Waals surface area contributed by atoms with Gasteiger partial charge in [0, 0.05) is 13.1 Å². The Balaban J connectivity index is 2.15. The third-order valence-corrected chi connectivity index (χ3v) is 1.32. The van der Waals surface area contributed by atoms with Crippen LogP contribution in [-0.2, 0) is 4.79 Å². The summed E-state index contributed by atoms with van der Waals surface area (Å²) in [6.45, 7) is 1.86. The quantitative estimate of drug-likeness (QED) is 0.482. The number of carbonyl (C=O) groups is 1. The Morgan fingerprint density at radius 2 is 2.44 bits per heavy atom. The van der Waals surface area contributed by atoms with Crippen molar-refractivity contribution in [1.82, 2.24) is 16.0 Å². The highest BCUT2D eigenvalue weighted by Crippen LogP contribution is 1.94. The zero-order chi connectivity index (χ0) is 6.53. The Bertz CT molecular complexity index is 90.2. The molecule has 0 atom stereocenters. The summed E-state index contributed by atoms with van der Waals surface area (Å²) in [7, 11) is 0. The maximum Gasteiger partial charge on any atom is 0.222 e. The molecule has 2 N–H and O–H groups in total. The van der Waals surface area contributed by atoms with Crippen molar-refractivity contribution in [3.63, 3.8) is 0 Å². The number of amides is 1. The molecule has 9 heavy (non-hydrogen) atoms. The molecule has 4 nitrogen and oxygen atoms in total. The molecule has 0 aromatic heterocycles. The summed E-state index contributed by atoms with van der Waals surface area (Å²) in [5.41, 5.74) is 5.54. The zero-order valence-electron chi connectivity index (χ0n) is 5.26. The van der Waals surface area contributed by atoms with Gasteiger partial charge in [0.15, 0.2) is 0 Å². The predicted molar refractivity (Wildman–Crippen MR) is 33.1 cm³/mol. The van der Waals surface area contributed by atoms with Crippen molar-refractivity contribution in [3.8, 4) is 0 Å². The van der Waals surface area contributed by atoms with Crippen LogP contribution in [0.25, 0.3) is 0 Å². The van der Waals surface area contributed by atoms with Crippen LogP contribution in [0.1, 0.15) is 12.8 Å². The average Bonchev–Trinajstić information content (AvgIpc) is 1.91. The summed E-state index contributed by atoms with van der Waals surface area (Å²) in [5.74, 6) is 0. The van der Waals surface area contributed by atoms with Crippen LogP contribution in [0.4, 0.5) is 0 Å². The van der Waals surface area contributed by atoms with Gasteiger partial charge in [-0.1, -0.05) is 0 Å². The SMILES string of the molecule is O=CNN1CCCCN1. The monoisotopic (exact) mass is 129 g/mol. The van der Waals surface area contributed by atoms with Crippen molar-refractivity contribution in [2.75, 3.05) is 13.1 Å². The molecule has 0 aromatic rings. The molecule has 0 bridgehead atoms. The van der Waals surface area contributed by atoms with Gasteiger partial charge in [0.1, 0.15) is 0 Å². The van der Waals surface area contributed by atoms with Gasteiger partial charge in [0.05, 0.1) is 0 Å². The summed E-state index contributed by atoms with van der Waals surface area (Å²) in [6.07, 6.45) is 3.02. The molecule has 1 aliphatic heterocycles. The van der Waals surface area contributed by atoms with Gasteiger partial charge in [-0.05, 0) is 12.8 Å². The smallest absolute Gasteiger partial charge is 0.222 e. The van der Waals surface area contributed by atoms with Crippen LogP contribution in [0.15, 0.2) is 0 Å². The molecule has 1 fully saturated rings. The molecule has 4 heteroatoms. The number of rotatable bonds is 2. The van der Waals surface area contributed by atoms with Crippen molar-refractivity contribution in [1.29, 1.82) is 0 Å². The Morgan fingerprint density at radius 1 is 1.56 bits per heavy atom. The first-order valence-corrected chi connectivity index (χ1v) is 3.14. The lowest BCUT2D eigenvalue weighted by Crippen LogP contribution is -2.50. The van der Waals surface area contributed by atoms with E-state index in [0.29, 0.717) is 6.41 Å². The Morgan fingerprint density at radius 3 is 3.00 bits per heavy atom. The van der Waals surface area contributed by atoms with Gasteiger partial charge < -0.3 is 0 Å². The van der Waals surface area contributed by atoms with Crippen LogP contribution >= 0.6 is 0 Å². The minimum atomic E-state index is 0.679. The molecule has 0 aliphatic carbocycles. The Hall–Kier alpha value is -0.610. The van der Waals surface area contributed by atoms with E-state index in [2.05, 4.69) is 10.9 Å². The first-order chi connectivity index (χ1) is 4.43. The lowest BCUT2D eigenvalue weighted by Gasteiger charge is -2.25. The maximum absolute atomic E-state index is 9.88. The highest BCUT2D eigenvalue weighted by Gasteiger charge is 2.05. The van der Waals surface area contributed by atoms with Gasteiger partial charge in [0.25, 0.3) is 0 Å². The number of nitrogens with one attached hydrogen (secondary N) is 2. The largest absolute Gasteiger partial charge is 0.278 e. The zero-order valence-corrected chi connectivity index (χ0v) is 5.26. The summed E-state index contributed by atoms with van der Waals surface area (Å²) in [4.78, 5) is 9.88. The van der Waals surface area contributed by atoms with E-state index < -0.39 is 0 Å². The van der Waals surface area contributed by atoms with Gasteiger partial charge in [-0.3, -0.25) is 10.2 Å². The highest BCUT2D eigenvalue weighted by atomic mass is 16.1. The minimum Gasteiger partial charge on any atom is -0.278 e. The fourth-order valence-corrected chi connectivity index (χ4v) is 0.862. The van der Waals surface area contributed by atoms with E-state index in [4.69, 9.17) is 0 Å². The lowest BCUT2D eigenvalue weighted by molar-refractivity contribution is -0.115. The molecule has 0 aromatic carbocycles. The molecule has 0 unspecified atom stereocenters. The fraction of sp³-hybridized carbons (Fsp3) is 0.800. The van der Waals surface area contributed by atoms with Crippen molar-refractivity contribution >= 4 is 6.41 Å². The molecule has 1 rings (SSSR count). The molecule has 52 valence electrons. The lowest BCUT2D eigenvalue weighted by atomic mass is 10.3. The number of hydrazine groups is 2. The fourth-order valence-electron chi connectivity index (χ4n) is 0.862. The number of carbonyl (C=O) groups excluding carboxylic acids is 1. The average molecular weight is 129 g/mol. The van der Waals surface area contributed by atoms with Gasteiger partial charge in [-0.25, -0.2) is 5.43 Å². The number of nitrogens with zero attached hydrogens (tertiary/aromatic N) is 1. The van der Waals surface area contributed by atoms with Crippen LogP contribution in [0.3, 0.4) is 0 Å². The Labute approximate surface area is 54.2 Å². The normalized spacial score (nSPS) is 21.3. The van der Waals surface area contributed by atoms with Crippen LogP contribution in [-0.4, -0.2) is 24.6 Å². The molecule has 0 saturated carbocycles. The van der Waals surface area contributed by atoms with E-state index in [9.17, 15) is 4.79 Å². The van der Waals surface area contributed by atoms with Crippen LogP contribution in [0, 0.1) is 0 Å². The second-order valence-electron chi connectivity index (χ2n) is 2.01. The summed E-state index contributed by atoms with van der Waals surface area (Å²) >= 11 is 0. The molecule has 1 amide bonds. The van der Waals surface area contributed by atoms with Gasteiger partial charge in [0.2, 0.25) is 6.41 Å². The second-order valence-corrected chi connectivity index (χ2v) is 2.01. The first-order valence-electron chi connectivity index (χ1n) is 3.14. The minimum absolute atomic E-state index is 0.679. The van der Waals surface area contributed by atoms with E-state index in [0.717, 1.165) is 19.5 Å². The maximum atomic E-state index is 9.88. The number of hydrogen-bond donors (Lipinski definition) is 2. The summed E-state index contributed by atoms with van der Waals surface area (Å²) in [5, 5.41) is 1.70. The van der Waals surface area contributed by atoms with Crippen molar-refractivity contribution in [2.45, 2.75) is 12.8 Å². The van der Waals surface area contributed by atoms with Gasteiger partial charge in [-0.2, -0.15) is 5.12 Å². The van der Waals surface area contributed by atoms with E-state index in [1.807, 2.05) is 0 Å². The molecular weight excluding hydrogens is 118 g/mol. The van der Waals surface area contributed by atoms with Crippen LogP contribution in [0.5, 0.6) is 0 Å². The van der Waals surface area contributed by atoms with Crippen molar-refractivity contribution in [2.24, 2.45) is 0 Å². The Kier molecular flexibility index (Phi) is 2.48. The van der Waals surface area contributed by atoms with Crippen LogP contribution < -0.4 is 10.9 Å². The van der Waals surface area contributed by atoms with E-state index in [1.165, 1.54) is 6.42 Å². The van der Waals surface area contributed by atoms with Crippen molar-refractivity contribution < 1.29 is 4.79 Å². The van der Waals surface area contributed by atoms with E-state index in [1.54, 1.807) is 5.12 Å². The van der Waals surface area contributed by atoms with E-state index in [-0.39, 0.29) is 0 Å². The first kappa shape index (κ1) is 6.51. The molecule has 1 saturated heterocycles. The van der Waals surface area contributed by atoms with Gasteiger partial charge >= 0.3 is 0 Å². The third-order valence-electron chi connectivity index (χ3n) is 1.32. The highest BCUT2D eigenvalue weighted by molar-refractivity contribution is 5.44. The second kappa shape index (κ2) is 3.42. The summed E-state index contributed by atoms with van der Waals surface area (Å²) < 4.78 is 0. The topological polar surface area (TPSA) is 44.4 Å². The molecule has 1 aliphatic rings. The predicted octanol–water partition coefficient (Wildman–Crippen LogP) is -0.752. The molecule has 0 radical (unpaired) electrons. The van der Waals surface area contributed by atoms with Crippen LogP contribution in [0.2, 0.25) is 0 Å². The number of hydrogen-bond acceptors (Lipinski definition) is 3. The molecular formula is C5H11N3O. The molecule has 1 heterocycles. The van der Waals surface area contributed by atoms with Crippen molar-refractivity contribution in [3.05, 3.63) is 0 Å². The van der Waals surface area contributed by atoms with E-state index >= 15 is 0 Å².